The molecule has 8 nitrogen and oxygen atoms in total. The first-order chi connectivity index (χ1) is 10.2. The Kier molecular flexibility index (Phi) is 7.72. The summed E-state index contributed by atoms with van der Waals surface area (Å²) in [5.41, 5.74) is 5.74. The predicted octanol–water partition coefficient (Wildman–Crippen LogP) is -0.749. The van der Waals surface area contributed by atoms with Gasteiger partial charge in [0.05, 0.1) is 12.3 Å². The highest BCUT2D eigenvalue weighted by atomic mass is 35.5. The van der Waals surface area contributed by atoms with Crippen molar-refractivity contribution < 1.29 is 14.3 Å². The number of rotatable bonds is 6. The van der Waals surface area contributed by atoms with Crippen molar-refractivity contribution in [3.63, 3.8) is 0 Å². The molecule has 1 aliphatic rings. The standard InChI is InChI=1S/C13H19N5O3.ClH/c14-7-9-1-2-11(21-9)13(20)18-6-5-17-12(19)10-8-15-3-4-16-10;/h3-4,8-9,11H,1-2,5-7,14H2,(H,17,19)(H,18,20);1H/t9-,11+;/m1./s1. The van der Waals surface area contributed by atoms with Gasteiger partial charge in [0.2, 0.25) is 5.91 Å². The highest BCUT2D eigenvalue weighted by Crippen LogP contribution is 2.18. The highest BCUT2D eigenvalue weighted by molar-refractivity contribution is 5.91. The van der Waals surface area contributed by atoms with E-state index >= 15 is 0 Å². The van der Waals surface area contributed by atoms with Gasteiger partial charge < -0.3 is 21.1 Å². The zero-order valence-corrected chi connectivity index (χ0v) is 12.8. The summed E-state index contributed by atoms with van der Waals surface area (Å²) in [5.74, 6) is -0.489. The van der Waals surface area contributed by atoms with E-state index in [1.165, 1.54) is 18.6 Å². The molecule has 0 saturated carbocycles. The van der Waals surface area contributed by atoms with Crippen molar-refractivity contribution in [3.8, 4) is 0 Å². The first-order valence-corrected chi connectivity index (χ1v) is 6.88. The highest BCUT2D eigenvalue weighted by Gasteiger charge is 2.29. The van der Waals surface area contributed by atoms with E-state index in [9.17, 15) is 9.59 Å². The third-order valence-electron chi connectivity index (χ3n) is 3.17. The van der Waals surface area contributed by atoms with E-state index in [-0.39, 0.29) is 36.0 Å². The Morgan fingerprint density at radius 2 is 2.05 bits per heavy atom. The van der Waals surface area contributed by atoms with Crippen molar-refractivity contribution in [1.29, 1.82) is 0 Å². The quantitative estimate of drug-likeness (QED) is 0.591. The van der Waals surface area contributed by atoms with Gasteiger partial charge >= 0.3 is 0 Å². The molecule has 2 amide bonds. The lowest BCUT2D eigenvalue weighted by atomic mass is 10.2. The number of ether oxygens (including phenoxy) is 1. The molecular formula is C13H20ClN5O3. The number of nitrogens with one attached hydrogen (secondary N) is 2. The van der Waals surface area contributed by atoms with Crippen molar-refractivity contribution in [2.75, 3.05) is 19.6 Å². The summed E-state index contributed by atoms with van der Waals surface area (Å²) in [6.45, 7) is 1.07. The minimum atomic E-state index is -0.436. The SMILES string of the molecule is Cl.NC[C@H]1CC[C@@H](C(=O)NCCNC(=O)c2cnccn2)O1. The molecule has 0 unspecified atom stereocenters. The zero-order valence-electron chi connectivity index (χ0n) is 12.0. The monoisotopic (exact) mass is 329 g/mol. The maximum atomic E-state index is 11.8. The van der Waals surface area contributed by atoms with Crippen LogP contribution >= 0.6 is 12.4 Å². The minimum Gasteiger partial charge on any atom is -0.364 e. The molecule has 9 heteroatoms. The first kappa shape index (κ1) is 18.3. The molecule has 0 bridgehead atoms. The summed E-state index contributed by atoms with van der Waals surface area (Å²) in [5, 5.41) is 5.37. The van der Waals surface area contributed by atoms with Gasteiger partial charge in [-0.05, 0) is 12.8 Å². The molecule has 0 radical (unpaired) electrons. The van der Waals surface area contributed by atoms with E-state index in [1.807, 2.05) is 0 Å². The van der Waals surface area contributed by atoms with Gasteiger partial charge in [-0.2, -0.15) is 0 Å². The Morgan fingerprint density at radius 1 is 1.27 bits per heavy atom. The number of carbonyl (C=O) groups excluding carboxylic acids is 2. The number of hydrogen-bond acceptors (Lipinski definition) is 6. The predicted molar refractivity (Wildman–Crippen MR) is 81.6 cm³/mol. The van der Waals surface area contributed by atoms with Gasteiger partial charge in [-0.15, -0.1) is 12.4 Å². The second-order valence-corrected chi connectivity index (χ2v) is 4.70. The molecule has 22 heavy (non-hydrogen) atoms. The molecule has 0 spiro atoms. The third-order valence-corrected chi connectivity index (χ3v) is 3.17. The Hall–Kier alpha value is -1.77. The first-order valence-electron chi connectivity index (χ1n) is 6.88. The average Bonchev–Trinajstić information content (AvgIpc) is 3.01. The molecule has 1 aliphatic heterocycles. The summed E-state index contributed by atoms with van der Waals surface area (Å²) in [7, 11) is 0. The second-order valence-electron chi connectivity index (χ2n) is 4.70. The zero-order chi connectivity index (χ0) is 15.1. The summed E-state index contributed by atoms with van der Waals surface area (Å²) in [6.07, 6.45) is 5.34. The summed E-state index contributed by atoms with van der Waals surface area (Å²) >= 11 is 0. The number of carbonyl (C=O) groups is 2. The fourth-order valence-electron chi connectivity index (χ4n) is 2.05. The minimum absolute atomic E-state index is 0. The van der Waals surface area contributed by atoms with E-state index in [0.29, 0.717) is 26.1 Å². The number of halogens is 1. The Balaban J connectivity index is 0.00000242. The van der Waals surface area contributed by atoms with Crippen LogP contribution in [-0.4, -0.2) is 53.6 Å². The van der Waals surface area contributed by atoms with E-state index in [2.05, 4.69) is 20.6 Å². The van der Waals surface area contributed by atoms with Crippen LogP contribution in [0.2, 0.25) is 0 Å². The van der Waals surface area contributed by atoms with Gasteiger partial charge in [0, 0.05) is 32.0 Å². The van der Waals surface area contributed by atoms with Gasteiger partial charge in [0.15, 0.2) is 0 Å². The van der Waals surface area contributed by atoms with Crippen LogP contribution in [0.5, 0.6) is 0 Å². The molecule has 1 saturated heterocycles. The Labute approximate surface area is 134 Å². The van der Waals surface area contributed by atoms with Crippen LogP contribution < -0.4 is 16.4 Å². The number of aromatic nitrogens is 2. The molecule has 1 aromatic rings. The molecule has 0 aliphatic carbocycles. The van der Waals surface area contributed by atoms with Gasteiger partial charge in [-0.1, -0.05) is 0 Å². The van der Waals surface area contributed by atoms with Gasteiger partial charge in [-0.25, -0.2) is 4.98 Å². The number of hydrogen-bond donors (Lipinski definition) is 3. The maximum absolute atomic E-state index is 11.8. The van der Waals surface area contributed by atoms with Crippen LogP contribution in [0.25, 0.3) is 0 Å². The second kappa shape index (κ2) is 9.29. The van der Waals surface area contributed by atoms with Crippen LogP contribution in [0.4, 0.5) is 0 Å². The van der Waals surface area contributed by atoms with Crippen LogP contribution in [0.15, 0.2) is 18.6 Å². The largest absolute Gasteiger partial charge is 0.364 e. The summed E-state index contributed by atoms with van der Waals surface area (Å²) in [6, 6.07) is 0. The lowest BCUT2D eigenvalue weighted by molar-refractivity contribution is -0.131. The lowest BCUT2D eigenvalue weighted by Crippen LogP contribution is -2.40. The molecule has 2 heterocycles. The molecule has 2 atom stereocenters. The number of nitrogens with zero attached hydrogens (tertiary/aromatic N) is 2. The molecule has 2 rings (SSSR count). The number of amides is 2. The summed E-state index contributed by atoms with van der Waals surface area (Å²) in [4.78, 5) is 31.2. The maximum Gasteiger partial charge on any atom is 0.271 e. The van der Waals surface area contributed by atoms with Crippen LogP contribution in [0.1, 0.15) is 23.3 Å². The molecular weight excluding hydrogens is 310 g/mol. The summed E-state index contributed by atoms with van der Waals surface area (Å²) < 4.78 is 5.48. The average molecular weight is 330 g/mol. The van der Waals surface area contributed by atoms with Crippen LogP contribution in [-0.2, 0) is 9.53 Å². The fourth-order valence-corrected chi connectivity index (χ4v) is 2.05. The molecule has 1 aromatic heterocycles. The molecule has 4 N–H and O–H groups in total. The van der Waals surface area contributed by atoms with Crippen molar-refractivity contribution >= 4 is 24.2 Å². The van der Waals surface area contributed by atoms with Gasteiger partial charge in [0.25, 0.3) is 5.91 Å². The Bertz CT molecular complexity index is 488. The van der Waals surface area contributed by atoms with Crippen molar-refractivity contribution in [1.82, 2.24) is 20.6 Å². The van der Waals surface area contributed by atoms with E-state index < -0.39 is 6.10 Å². The lowest BCUT2D eigenvalue weighted by Gasteiger charge is -2.12. The van der Waals surface area contributed by atoms with E-state index in [1.54, 1.807) is 0 Å². The molecule has 1 fully saturated rings. The van der Waals surface area contributed by atoms with Crippen molar-refractivity contribution in [3.05, 3.63) is 24.3 Å². The smallest absolute Gasteiger partial charge is 0.271 e. The Morgan fingerprint density at radius 3 is 2.68 bits per heavy atom. The normalized spacial score (nSPS) is 20.0. The van der Waals surface area contributed by atoms with Crippen molar-refractivity contribution in [2.24, 2.45) is 5.73 Å². The van der Waals surface area contributed by atoms with Crippen LogP contribution in [0.3, 0.4) is 0 Å². The van der Waals surface area contributed by atoms with Gasteiger partial charge in [-0.3, -0.25) is 14.6 Å². The molecule has 122 valence electrons. The van der Waals surface area contributed by atoms with Gasteiger partial charge in [0.1, 0.15) is 11.8 Å². The fraction of sp³-hybridized carbons (Fsp3) is 0.538. The number of nitrogens with two attached hydrogens (primary N) is 1. The van der Waals surface area contributed by atoms with E-state index in [0.717, 1.165) is 6.42 Å². The molecule has 0 aromatic carbocycles. The van der Waals surface area contributed by atoms with Crippen LogP contribution in [0, 0.1) is 0 Å². The third kappa shape index (κ3) is 5.21. The topological polar surface area (TPSA) is 119 Å². The van der Waals surface area contributed by atoms with E-state index in [4.69, 9.17) is 10.5 Å². The van der Waals surface area contributed by atoms with Crippen molar-refractivity contribution in [2.45, 2.75) is 25.0 Å².